The van der Waals surface area contributed by atoms with Crippen LogP contribution in [0.5, 0.6) is 0 Å². The molecule has 5 nitrogen and oxygen atoms in total. The first-order chi connectivity index (χ1) is 9.92. The molecule has 0 bridgehead atoms. The Morgan fingerprint density at radius 2 is 2.14 bits per heavy atom. The first-order valence-corrected chi connectivity index (χ1v) is 8.15. The van der Waals surface area contributed by atoms with Crippen LogP contribution in [0.15, 0.2) is 12.3 Å². The number of thiophene rings is 1. The van der Waals surface area contributed by atoms with Crippen LogP contribution in [0.1, 0.15) is 44.4 Å². The average molecular weight is 307 g/mol. The SMILES string of the molecule is CC(C)(C)OC(=O)N1CCC(c2cc3[nH]ncc3s2)CC1. The van der Waals surface area contributed by atoms with Gasteiger partial charge in [-0.15, -0.1) is 11.3 Å². The molecule has 2 aromatic heterocycles. The van der Waals surface area contributed by atoms with Gasteiger partial charge in [0, 0.05) is 18.0 Å². The van der Waals surface area contributed by atoms with E-state index in [1.54, 1.807) is 11.3 Å². The number of aromatic amines is 1. The Hall–Kier alpha value is -1.56. The zero-order valence-corrected chi connectivity index (χ0v) is 13.5. The molecule has 1 fully saturated rings. The van der Waals surface area contributed by atoms with E-state index < -0.39 is 5.60 Å². The predicted octanol–water partition coefficient (Wildman–Crippen LogP) is 3.74. The van der Waals surface area contributed by atoms with Crippen molar-refractivity contribution in [3.8, 4) is 0 Å². The molecule has 6 heteroatoms. The van der Waals surface area contributed by atoms with Crippen molar-refractivity contribution in [1.82, 2.24) is 15.1 Å². The lowest BCUT2D eigenvalue weighted by molar-refractivity contribution is 0.0205. The summed E-state index contributed by atoms with van der Waals surface area (Å²) in [7, 11) is 0. The van der Waals surface area contributed by atoms with Gasteiger partial charge >= 0.3 is 6.09 Å². The van der Waals surface area contributed by atoms with Gasteiger partial charge in [0.25, 0.3) is 0 Å². The van der Waals surface area contributed by atoms with Crippen LogP contribution in [-0.2, 0) is 4.74 Å². The molecule has 1 N–H and O–H groups in total. The van der Waals surface area contributed by atoms with E-state index in [0.29, 0.717) is 5.92 Å². The van der Waals surface area contributed by atoms with Crippen molar-refractivity contribution in [2.24, 2.45) is 0 Å². The minimum absolute atomic E-state index is 0.191. The maximum atomic E-state index is 12.0. The molecular formula is C15H21N3O2S. The van der Waals surface area contributed by atoms with Gasteiger partial charge in [-0.2, -0.15) is 5.10 Å². The Kier molecular flexibility index (Phi) is 3.65. The van der Waals surface area contributed by atoms with Gasteiger partial charge in [-0.05, 0) is 45.6 Å². The summed E-state index contributed by atoms with van der Waals surface area (Å²) >= 11 is 1.80. The monoisotopic (exact) mass is 307 g/mol. The van der Waals surface area contributed by atoms with Gasteiger partial charge in [0.15, 0.2) is 0 Å². The lowest BCUT2D eigenvalue weighted by Crippen LogP contribution is -2.41. The number of H-pyrrole nitrogens is 1. The van der Waals surface area contributed by atoms with Crippen LogP contribution in [0.25, 0.3) is 10.2 Å². The maximum Gasteiger partial charge on any atom is 0.410 e. The predicted molar refractivity (Wildman–Crippen MR) is 83.8 cm³/mol. The number of hydrogen-bond acceptors (Lipinski definition) is 4. The van der Waals surface area contributed by atoms with Gasteiger partial charge in [0.05, 0.1) is 16.4 Å². The summed E-state index contributed by atoms with van der Waals surface area (Å²) in [5, 5.41) is 7.04. The Morgan fingerprint density at radius 1 is 1.43 bits per heavy atom. The molecule has 0 aromatic carbocycles. The maximum absolute atomic E-state index is 12.0. The molecule has 114 valence electrons. The summed E-state index contributed by atoms with van der Waals surface area (Å²) in [6.07, 6.45) is 3.67. The van der Waals surface area contributed by atoms with Crippen molar-refractivity contribution < 1.29 is 9.53 Å². The van der Waals surface area contributed by atoms with Crippen molar-refractivity contribution in [1.29, 1.82) is 0 Å². The van der Waals surface area contributed by atoms with Crippen LogP contribution in [-0.4, -0.2) is 39.9 Å². The molecule has 0 aliphatic carbocycles. The highest BCUT2D eigenvalue weighted by molar-refractivity contribution is 7.19. The number of hydrogen-bond donors (Lipinski definition) is 1. The Morgan fingerprint density at radius 3 is 2.76 bits per heavy atom. The van der Waals surface area contributed by atoms with Gasteiger partial charge in [0.1, 0.15) is 5.60 Å². The van der Waals surface area contributed by atoms with Gasteiger partial charge in [-0.3, -0.25) is 5.10 Å². The molecule has 2 aromatic rings. The summed E-state index contributed by atoms with van der Waals surface area (Å²) in [4.78, 5) is 15.3. The summed E-state index contributed by atoms with van der Waals surface area (Å²) in [6.45, 7) is 7.24. The largest absolute Gasteiger partial charge is 0.444 e. The fourth-order valence-electron chi connectivity index (χ4n) is 2.64. The highest BCUT2D eigenvalue weighted by atomic mass is 32.1. The van der Waals surface area contributed by atoms with Crippen LogP contribution in [0, 0.1) is 0 Å². The number of nitrogens with one attached hydrogen (secondary N) is 1. The molecule has 0 saturated carbocycles. The van der Waals surface area contributed by atoms with Crippen LogP contribution < -0.4 is 0 Å². The number of carbonyl (C=O) groups is 1. The van der Waals surface area contributed by atoms with Crippen molar-refractivity contribution in [3.05, 3.63) is 17.1 Å². The van der Waals surface area contributed by atoms with E-state index in [4.69, 9.17) is 4.74 Å². The van der Waals surface area contributed by atoms with Gasteiger partial charge in [0.2, 0.25) is 0 Å². The summed E-state index contributed by atoms with van der Waals surface area (Å²) in [5.41, 5.74) is 0.692. The highest BCUT2D eigenvalue weighted by Gasteiger charge is 2.28. The molecule has 3 rings (SSSR count). The van der Waals surface area contributed by atoms with E-state index in [1.807, 2.05) is 31.9 Å². The third-order valence-corrected chi connectivity index (χ3v) is 4.93. The van der Waals surface area contributed by atoms with Crippen LogP contribution in [0.3, 0.4) is 0 Å². The van der Waals surface area contributed by atoms with Gasteiger partial charge < -0.3 is 9.64 Å². The number of ether oxygens (including phenoxy) is 1. The Labute approximate surface area is 128 Å². The van der Waals surface area contributed by atoms with Crippen LogP contribution >= 0.6 is 11.3 Å². The van der Waals surface area contributed by atoms with E-state index >= 15 is 0 Å². The lowest BCUT2D eigenvalue weighted by Gasteiger charge is -2.33. The van der Waals surface area contributed by atoms with Crippen LogP contribution in [0.2, 0.25) is 0 Å². The van der Waals surface area contributed by atoms with E-state index in [-0.39, 0.29) is 6.09 Å². The fraction of sp³-hybridized carbons (Fsp3) is 0.600. The second-order valence-corrected chi connectivity index (χ2v) is 7.65. The van der Waals surface area contributed by atoms with E-state index in [9.17, 15) is 4.79 Å². The number of likely N-dealkylation sites (tertiary alicyclic amines) is 1. The van der Waals surface area contributed by atoms with Crippen molar-refractivity contribution in [3.63, 3.8) is 0 Å². The molecule has 1 aliphatic heterocycles. The third kappa shape index (κ3) is 3.20. The van der Waals surface area contributed by atoms with Crippen molar-refractivity contribution in [2.45, 2.75) is 45.1 Å². The standard InChI is InChI=1S/C15H21N3O2S/c1-15(2,3)20-14(19)18-6-4-10(5-7-18)12-8-11-13(21-12)9-16-17-11/h8-10H,4-7H2,1-3H3,(H,16,17). The Balaban J connectivity index is 1.60. The molecule has 21 heavy (non-hydrogen) atoms. The number of nitrogens with zero attached hydrogens (tertiary/aromatic N) is 2. The molecule has 0 unspecified atom stereocenters. The molecule has 1 saturated heterocycles. The summed E-state index contributed by atoms with van der Waals surface area (Å²) < 4.78 is 6.64. The number of piperidine rings is 1. The average Bonchev–Trinajstić information content (AvgIpc) is 2.97. The molecule has 1 aliphatic rings. The quantitative estimate of drug-likeness (QED) is 0.873. The normalized spacial score (nSPS) is 17.4. The molecular weight excluding hydrogens is 286 g/mol. The molecule has 0 spiro atoms. The van der Waals surface area contributed by atoms with Crippen LogP contribution in [0.4, 0.5) is 4.79 Å². The zero-order valence-electron chi connectivity index (χ0n) is 12.7. The summed E-state index contributed by atoms with van der Waals surface area (Å²) in [5.74, 6) is 0.537. The first kappa shape index (κ1) is 14.4. The van der Waals surface area contributed by atoms with Gasteiger partial charge in [-0.25, -0.2) is 4.79 Å². The molecule has 1 amide bonds. The second kappa shape index (κ2) is 5.33. The number of amides is 1. The zero-order chi connectivity index (χ0) is 15.0. The first-order valence-electron chi connectivity index (χ1n) is 7.33. The minimum atomic E-state index is -0.423. The van der Waals surface area contributed by atoms with E-state index in [0.717, 1.165) is 31.4 Å². The second-order valence-electron chi connectivity index (χ2n) is 6.54. The van der Waals surface area contributed by atoms with Gasteiger partial charge in [-0.1, -0.05) is 0 Å². The molecule has 0 radical (unpaired) electrons. The Bertz CT molecular complexity index is 604. The highest BCUT2D eigenvalue weighted by Crippen LogP contribution is 2.35. The molecule has 0 atom stereocenters. The number of aromatic nitrogens is 2. The topological polar surface area (TPSA) is 58.2 Å². The smallest absolute Gasteiger partial charge is 0.410 e. The number of rotatable bonds is 1. The summed E-state index contributed by atoms with van der Waals surface area (Å²) in [6, 6.07) is 2.20. The number of carbonyl (C=O) groups excluding carboxylic acids is 1. The van der Waals surface area contributed by atoms with Crippen molar-refractivity contribution >= 4 is 27.6 Å². The number of fused-ring (bicyclic) bond motifs is 1. The lowest BCUT2D eigenvalue weighted by atomic mass is 9.95. The molecule has 3 heterocycles. The third-order valence-electron chi connectivity index (χ3n) is 3.70. The van der Waals surface area contributed by atoms with E-state index in [2.05, 4.69) is 16.3 Å². The van der Waals surface area contributed by atoms with Crippen molar-refractivity contribution in [2.75, 3.05) is 13.1 Å². The van der Waals surface area contributed by atoms with E-state index in [1.165, 1.54) is 9.58 Å². The fourth-order valence-corrected chi connectivity index (χ4v) is 3.80. The minimum Gasteiger partial charge on any atom is -0.444 e.